The largest absolute Gasteiger partial charge is 0.336 e. The van der Waals surface area contributed by atoms with Gasteiger partial charge in [-0.2, -0.15) is 0 Å². The normalized spacial score (nSPS) is 21.3. The lowest BCUT2D eigenvalue weighted by Gasteiger charge is -2.39. The molecule has 0 saturated carbocycles. The van der Waals surface area contributed by atoms with Crippen molar-refractivity contribution in [2.75, 3.05) is 6.26 Å². The molecule has 3 heterocycles. The molecule has 2 aromatic heterocycles. The second-order valence-corrected chi connectivity index (χ2v) is 7.60. The van der Waals surface area contributed by atoms with Crippen molar-refractivity contribution < 1.29 is 4.79 Å². The summed E-state index contributed by atoms with van der Waals surface area (Å²) in [5, 5.41) is 9.46. The Labute approximate surface area is 151 Å². The van der Waals surface area contributed by atoms with Crippen LogP contribution < -0.4 is 0 Å². The molecule has 6 nitrogen and oxygen atoms in total. The zero-order chi connectivity index (χ0) is 17.6. The summed E-state index contributed by atoms with van der Waals surface area (Å²) in [6, 6.07) is 8.71. The summed E-state index contributed by atoms with van der Waals surface area (Å²) in [5.41, 5.74) is 2.06. The fourth-order valence-corrected chi connectivity index (χ4v) is 4.54. The first kappa shape index (κ1) is 16.4. The number of amides is 1. The number of aromatic nitrogens is 4. The number of nitrogens with zero attached hydrogens (tertiary/aromatic N) is 5. The summed E-state index contributed by atoms with van der Waals surface area (Å²) in [6.07, 6.45) is 5.35. The van der Waals surface area contributed by atoms with Gasteiger partial charge < -0.3 is 4.90 Å². The van der Waals surface area contributed by atoms with E-state index in [1.54, 1.807) is 11.8 Å². The average Bonchev–Trinajstić information content (AvgIpc) is 3.14. The summed E-state index contributed by atoms with van der Waals surface area (Å²) in [7, 11) is 0. The fourth-order valence-electron chi connectivity index (χ4n) is 4.05. The second-order valence-electron chi connectivity index (χ2n) is 6.83. The van der Waals surface area contributed by atoms with Crippen molar-refractivity contribution in [1.29, 1.82) is 0 Å². The van der Waals surface area contributed by atoms with Gasteiger partial charge in [0.1, 0.15) is 6.54 Å². The van der Waals surface area contributed by atoms with E-state index < -0.39 is 0 Å². The van der Waals surface area contributed by atoms with Crippen LogP contribution in [0.3, 0.4) is 0 Å². The van der Waals surface area contributed by atoms with Gasteiger partial charge in [-0.25, -0.2) is 0 Å². The third-order valence-corrected chi connectivity index (χ3v) is 5.86. The lowest BCUT2D eigenvalue weighted by molar-refractivity contribution is -0.137. The van der Waals surface area contributed by atoms with Crippen molar-refractivity contribution in [3.63, 3.8) is 0 Å². The molecule has 1 fully saturated rings. The second kappa shape index (κ2) is 6.37. The third-order valence-electron chi connectivity index (χ3n) is 5.23. The molecule has 2 atom stereocenters. The predicted octanol–water partition coefficient (Wildman–Crippen LogP) is 3.20. The minimum Gasteiger partial charge on any atom is -0.336 e. The molecule has 0 radical (unpaired) electrons. The number of likely N-dealkylation sites (tertiary alicyclic amines) is 1. The van der Waals surface area contributed by atoms with Gasteiger partial charge in [-0.05, 0) is 51.5 Å². The van der Waals surface area contributed by atoms with Crippen LogP contribution in [0.15, 0.2) is 29.4 Å². The smallest absolute Gasteiger partial charge is 0.243 e. The van der Waals surface area contributed by atoms with Crippen molar-refractivity contribution in [2.45, 2.75) is 56.9 Å². The zero-order valence-corrected chi connectivity index (χ0v) is 15.7. The molecule has 25 heavy (non-hydrogen) atoms. The van der Waals surface area contributed by atoms with Gasteiger partial charge in [-0.1, -0.05) is 23.9 Å². The lowest BCUT2D eigenvalue weighted by atomic mass is 9.97. The predicted molar refractivity (Wildman–Crippen MR) is 99.9 cm³/mol. The fraction of sp³-hybridized carbons (Fsp3) is 0.500. The van der Waals surface area contributed by atoms with Crippen LogP contribution in [-0.4, -0.2) is 48.3 Å². The number of hydrogen-bond acceptors (Lipinski definition) is 4. The Morgan fingerprint density at radius 1 is 1.16 bits per heavy atom. The van der Waals surface area contributed by atoms with Gasteiger partial charge in [0.2, 0.25) is 11.7 Å². The number of imidazole rings is 1. The van der Waals surface area contributed by atoms with Crippen LogP contribution in [0.5, 0.6) is 0 Å². The number of benzene rings is 1. The SMILES string of the molecule is CSc1nnc2n(CC(=O)N3[C@H](C)CCC[C@H]3C)c3ccccc3n12. The average molecular weight is 357 g/mol. The standard InChI is InChI=1S/C18H23N5OS/c1-12-7-6-8-13(2)22(12)16(24)11-21-14-9-4-5-10-15(14)23-17(21)19-20-18(23)25-3/h4-5,9-10,12-13H,6-8,11H2,1-3H3/t12-,13-/m1/s1. The van der Waals surface area contributed by atoms with E-state index in [1.807, 2.05) is 33.4 Å². The Morgan fingerprint density at radius 2 is 1.84 bits per heavy atom. The number of fused-ring (bicyclic) bond motifs is 3. The molecule has 1 aromatic carbocycles. The van der Waals surface area contributed by atoms with Crippen LogP contribution in [0.4, 0.5) is 0 Å². The number of carbonyl (C=O) groups excluding carboxylic acids is 1. The molecule has 0 unspecified atom stereocenters. The Hall–Kier alpha value is -2.02. The highest BCUT2D eigenvalue weighted by atomic mass is 32.2. The molecule has 1 aliphatic rings. The molecule has 3 aromatic rings. The summed E-state index contributed by atoms with van der Waals surface area (Å²) in [4.78, 5) is 15.1. The van der Waals surface area contributed by atoms with E-state index in [4.69, 9.17) is 0 Å². The van der Waals surface area contributed by atoms with E-state index in [1.165, 1.54) is 6.42 Å². The van der Waals surface area contributed by atoms with E-state index in [2.05, 4.69) is 35.0 Å². The van der Waals surface area contributed by atoms with Crippen LogP contribution in [0, 0.1) is 0 Å². The highest BCUT2D eigenvalue weighted by molar-refractivity contribution is 7.98. The van der Waals surface area contributed by atoms with Crippen molar-refractivity contribution in [2.24, 2.45) is 0 Å². The van der Waals surface area contributed by atoms with E-state index >= 15 is 0 Å². The molecule has 0 bridgehead atoms. The maximum atomic E-state index is 13.1. The molecular weight excluding hydrogens is 334 g/mol. The number of hydrogen-bond donors (Lipinski definition) is 0. The molecule has 0 spiro atoms. The maximum Gasteiger partial charge on any atom is 0.243 e. The van der Waals surface area contributed by atoms with Crippen molar-refractivity contribution in [1.82, 2.24) is 24.1 Å². The third kappa shape index (κ3) is 2.61. The lowest BCUT2D eigenvalue weighted by Crippen LogP contribution is -2.48. The summed E-state index contributed by atoms with van der Waals surface area (Å²) >= 11 is 1.56. The van der Waals surface area contributed by atoms with Crippen molar-refractivity contribution >= 4 is 34.5 Å². The molecule has 132 valence electrons. The minimum atomic E-state index is 0.164. The highest BCUT2D eigenvalue weighted by Crippen LogP contribution is 2.27. The number of carbonyl (C=O) groups is 1. The molecule has 0 aliphatic carbocycles. The highest BCUT2D eigenvalue weighted by Gasteiger charge is 2.30. The molecule has 0 N–H and O–H groups in total. The summed E-state index contributed by atoms with van der Waals surface area (Å²) in [5.74, 6) is 0.896. The number of rotatable bonds is 3. The number of para-hydroxylation sites is 2. The molecular formula is C18H23N5OS. The molecule has 7 heteroatoms. The Kier molecular flexibility index (Phi) is 4.19. The molecule has 1 aliphatic heterocycles. The van der Waals surface area contributed by atoms with Crippen LogP contribution in [0.2, 0.25) is 0 Å². The first-order valence-corrected chi connectivity index (χ1v) is 10.0. The van der Waals surface area contributed by atoms with Gasteiger partial charge in [0, 0.05) is 12.1 Å². The zero-order valence-electron chi connectivity index (χ0n) is 14.8. The Bertz CT molecular complexity index is 920. The first-order chi connectivity index (χ1) is 12.1. The van der Waals surface area contributed by atoms with Gasteiger partial charge in [0.15, 0.2) is 5.16 Å². The molecule has 4 rings (SSSR count). The van der Waals surface area contributed by atoms with Crippen LogP contribution >= 0.6 is 11.8 Å². The van der Waals surface area contributed by atoms with E-state index in [-0.39, 0.29) is 5.91 Å². The summed E-state index contributed by atoms with van der Waals surface area (Å²) in [6.45, 7) is 4.61. The monoisotopic (exact) mass is 357 g/mol. The van der Waals surface area contributed by atoms with Crippen LogP contribution in [0.25, 0.3) is 16.8 Å². The Morgan fingerprint density at radius 3 is 2.52 bits per heavy atom. The quantitative estimate of drug-likeness (QED) is 0.676. The van der Waals surface area contributed by atoms with Gasteiger partial charge in [-0.15, -0.1) is 10.2 Å². The van der Waals surface area contributed by atoms with Gasteiger partial charge in [-0.3, -0.25) is 13.8 Å². The van der Waals surface area contributed by atoms with Gasteiger partial charge >= 0.3 is 0 Å². The van der Waals surface area contributed by atoms with E-state index in [0.29, 0.717) is 18.6 Å². The van der Waals surface area contributed by atoms with E-state index in [0.717, 1.165) is 34.8 Å². The topological polar surface area (TPSA) is 55.4 Å². The van der Waals surface area contributed by atoms with E-state index in [9.17, 15) is 4.79 Å². The number of thioether (sulfide) groups is 1. The number of piperidine rings is 1. The van der Waals surface area contributed by atoms with Crippen molar-refractivity contribution in [3.8, 4) is 0 Å². The van der Waals surface area contributed by atoms with Gasteiger partial charge in [0.25, 0.3) is 0 Å². The van der Waals surface area contributed by atoms with Crippen molar-refractivity contribution in [3.05, 3.63) is 24.3 Å². The van der Waals surface area contributed by atoms with Gasteiger partial charge in [0.05, 0.1) is 11.0 Å². The molecule has 1 amide bonds. The Balaban J connectivity index is 1.78. The van der Waals surface area contributed by atoms with Crippen LogP contribution in [0.1, 0.15) is 33.1 Å². The summed E-state index contributed by atoms with van der Waals surface area (Å²) < 4.78 is 4.04. The van der Waals surface area contributed by atoms with Crippen LogP contribution in [-0.2, 0) is 11.3 Å². The molecule has 1 saturated heterocycles. The maximum absolute atomic E-state index is 13.1. The first-order valence-electron chi connectivity index (χ1n) is 8.79. The minimum absolute atomic E-state index is 0.164.